The maximum absolute atomic E-state index is 13.4. The molecule has 180 valence electrons. The largest absolute Gasteiger partial charge is 0.490 e. The van der Waals surface area contributed by atoms with E-state index < -0.39 is 0 Å². The third-order valence-electron chi connectivity index (χ3n) is 6.62. The number of fused-ring (bicyclic) bond motifs is 2. The van der Waals surface area contributed by atoms with Crippen LogP contribution in [0.25, 0.3) is 0 Å². The number of nitrogens with one attached hydrogen (secondary N) is 2. The fraction of sp³-hybridized carbons (Fsp3) is 0.423. The van der Waals surface area contributed by atoms with Gasteiger partial charge in [0.15, 0.2) is 5.78 Å². The van der Waals surface area contributed by atoms with Crippen LogP contribution in [-0.4, -0.2) is 70.8 Å². The lowest BCUT2D eigenvalue weighted by Gasteiger charge is -2.21. The molecule has 4 rings (SSSR count). The molecule has 0 atom stereocenters. The second-order valence-corrected chi connectivity index (χ2v) is 10.1. The molecule has 0 fully saturated rings. The van der Waals surface area contributed by atoms with Crippen LogP contribution >= 0.6 is 0 Å². The van der Waals surface area contributed by atoms with E-state index >= 15 is 0 Å². The first kappa shape index (κ1) is 23.6. The molecule has 0 radical (unpaired) electrons. The Labute approximate surface area is 201 Å². The number of anilines is 2. The number of nitrogens with zero attached hydrogens (tertiary/aromatic N) is 3. The van der Waals surface area contributed by atoms with Crippen molar-refractivity contribution in [2.24, 2.45) is 0 Å². The standard InChI is InChI=1S/C26H33N5O3/c1-26(2)14-34-23-19(26)8-15(9-21(23)30(6)7)22(32)13-31-12-16-10-20(29(4)5)18(25(33)28-3)11-17(16)24(31)27/h8-11,27H,12-14H2,1-7H3,(H,28,33). The minimum Gasteiger partial charge on any atom is -0.490 e. The lowest BCUT2D eigenvalue weighted by Crippen LogP contribution is -2.30. The zero-order chi connectivity index (χ0) is 24.9. The molecule has 2 heterocycles. The molecule has 0 spiro atoms. The van der Waals surface area contributed by atoms with Crippen molar-refractivity contribution in [3.8, 4) is 5.75 Å². The first-order valence-electron chi connectivity index (χ1n) is 11.4. The molecule has 0 aliphatic carbocycles. The Kier molecular flexibility index (Phi) is 5.79. The summed E-state index contributed by atoms with van der Waals surface area (Å²) in [6.07, 6.45) is 0. The van der Waals surface area contributed by atoms with Crippen LogP contribution < -0.4 is 19.9 Å². The number of carbonyl (C=O) groups excluding carboxylic acids is 2. The van der Waals surface area contributed by atoms with Gasteiger partial charge in [0.05, 0.1) is 24.4 Å². The molecule has 2 aliphatic heterocycles. The van der Waals surface area contributed by atoms with E-state index in [1.807, 2.05) is 56.2 Å². The Morgan fingerprint density at radius 3 is 2.38 bits per heavy atom. The van der Waals surface area contributed by atoms with Crippen molar-refractivity contribution in [2.75, 3.05) is 58.2 Å². The molecule has 2 aromatic rings. The SMILES string of the molecule is CNC(=O)c1cc2c(cc1N(C)C)CN(CC(=O)c1cc(N(C)C)c3c(c1)C(C)(C)CO3)C2=N. The van der Waals surface area contributed by atoms with Crippen molar-refractivity contribution in [1.29, 1.82) is 5.41 Å². The molecule has 0 saturated heterocycles. The summed E-state index contributed by atoms with van der Waals surface area (Å²) in [6, 6.07) is 7.52. The van der Waals surface area contributed by atoms with Crippen molar-refractivity contribution in [2.45, 2.75) is 25.8 Å². The topological polar surface area (TPSA) is 89.0 Å². The highest BCUT2D eigenvalue weighted by Gasteiger charge is 2.36. The second-order valence-electron chi connectivity index (χ2n) is 10.1. The van der Waals surface area contributed by atoms with Crippen LogP contribution in [-0.2, 0) is 12.0 Å². The zero-order valence-electron chi connectivity index (χ0n) is 21.0. The summed E-state index contributed by atoms with van der Waals surface area (Å²) in [4.78, 5) is 31.5. The predicted molar refractivity (Wildman–Crippen MR) is 135 cm³/mol. The number of amides is 1. The van der Waals surface area contributed by atoms with Gasteiger partial charge in [0.2, 0.25) is 0 Å². The highest BCUT2D eigenvalue weighted by atomic mass is 16.5. The molecule has 1 amide bonds. The number of amidine groups is 1. The van der Waals surface area contributed by atoms with Crippen LogP contribution in [0.4, 0.5) is 11.4 Å². The molecule has 0 saturated carbocycles. The van der Waals surface area contributed by atoms with Gasteiger partial charge in [-0.2, -0.15) is 0 Å². The average molecular weight is 464 g/mol. The monoisotopic (exact) mass is 463 g/mol. The molecule has 0 unspecified atom stereocenters. The highest BCUT2D eigenvalue weighted by Crippen LogP contribution is 2.45. The van der Waals surface area contributed by atoms with Gasteiger partial charge in [-0.05, 0) is 29.8 Å². The van der Waals surface area contributed by atoms with Gasteiger partial charge in [0.1, 0.15) is 11.6 Å². The summed E-state index contributed by atoms with van der Waals surface area (Å²) in [5.74, 6) is 0.848. The van der Waals surface area contributed by atoms with Crippen LogP contribution in [0.1, 0.15) is 51.3 Å². The Hall–Kier alpha value is -3.55. The van der Waals surface area contributed by atoms with Crippen LogP contribution in [0, 0.1) is 5.41 Å². The maximum atomic E-state index is 13.4. The van der Waals surface area contributed by atoms with Crippen molar-refractivity contribution in [3.05, 3.63) is 52.1 Å². The van der Waals surface area contributed by atoms with Crippen molar-refractivity contribution in [3.63, 3.8) is 0 Å². The van der Waals surface area contributed by atoms with E-state index in [9.17, 15) is 9.59 Å². The number of benzene rings is 2. The summed E-state index contributed by atoms with van der Waals surface area (Å²) in [5.41, 5.74) is 5.29. The van der Waals surface area contributed by atoms with E-state index in [2.05, 4.69) is 19.2 Å². The maximum Gasteiger partial charge on any atom is 0.253 e. The Morgan fingerprint density at radius 2 is 1.76 bits per heavy atom. The number of ether oxygens (including phenoxy) is 1. The predicted octanol–water partition coefficient (Wildman–Crippen LogP) is 2.87. The number of hydrogen-bond acceptors (Lipinski definition) is 6. The minimum absolute atomic E-state index is 0.0505. The molecule has 34 heavy (non-hydrogen) atoms. The third kappa shape index (κ3) is 3.87. The number of hydrogen-bond donors (Lipinski definition) is 2. The van der Waals surface area contributed by atoms with Crippen LogP contribution in [0.2, 0.25) is 0 Å². The van der Waals surface area contributed by atoms with Gasteiger partial charge in [0.25, 0.3) is 5.91 Å². The van der Waals surface area contributed by atoms with E-state index in [1.165, 1.54) is 0 Å². The molecular weight excluding hydrogens is 430 g/mol. The highest BCUT2D eigenvalue weighted by molar-refractivity contribution is 6.08. The van der Waals surface area contributed by atoms with Gasteiger partial charge < -0.3 is 24.8 Å². The second kappa shape index (κ2) is 8.34. The first-order chi connectivity index (χ1) is 15.9. The van der Waals surface area contributed by atoms with Crippen molar-refractivity contribution < 1.29 is 14.3 Å². The average Bonchev–Trinajstić information content (AvgIpc) is 3.26. The summed E-state index contributed by atoms with van der Waals surface area (Å²) < 4.78 is 5.97. The Balaban J connectivity index is 1.64. The number of rotatable bonds is 6. The summed E-state index contributed by atoms with van der Waals surface area (Å²) >= 11 is 0. The zero-order valence-corrected chi connectivity index (χ0v) is 21.0. The van der Waals surface area contributed by atoms with Crippen LogP contribution in [0.15, 0.2) is 24.3 Å². The first-order valence-corrected chi connectivity index (χ1v) is 11.4. The quantitative estimate of drug-likeness (QED) is 0.641. The van der Waals surface area contributed by atoms with E-state index in [0.29, 0.717) is 29.8 Å². The number of ketones is 1. The van der Waals surface area contributed by atoms with E-state index in [1.54, 1.807) is 18.0 Å². The van der Waals surface area contributed by atoms with E-state index in [4.69, 9.17) is 10.1 Å². The molecular formula is C26H33N5O3. The number of Topliss-reactive ketones (excluding diaryl/α,β-unsaturated/α-hetero) is 1. The van der Waals surface area contributed by atoms with E-state index in [-0.39, 0.29) is 29.5 Å². The lowest BCUT2D eigenvalue weighted by molar-refractivity contribution is 0.0955. The van der Waals surface area contributed by atoms with Crippen molar-refractivity contribution in [1.82, 2.24) is 10.2 Å². The van der Waals surface area contributed by atoms with Crippen LogP contribution in [0.3, 0.4) is 0 Å². The fourth-order valence-electron chi connectivity index (χ4n) is 4.62. The molecule has 2 N–H and O–H groups in total. The number of carbonyl (C=O) groups is 2. The van der Waals surface area contributed by atoms with Gasteiger partial charge in [-0.15, -0.1) is 0 Å². The molecule has 8 nitrogen and oxygen atoms in total. The van der Waals surface area contributed by atoms with Gasteiger partial charge in [-0.3, -0.25) is 15.0 Å². The van der Waals surface area contributed by atoms with Crippen LogP contribution in [0.5, 0.6) is 5.75 Å². The minimum atomic E-state index is -0.201. The summed E-state index contributed by atoms with van der Waals surface area (Å²) in [5, 5.41) is 11.4. The summed E-state index contributed by atoms with van der Waals surface area (Å²) in [6.45, 7) is 5.36. The molecule has 2 aromatic carbocycles. The van der Waals surface area contributed by atoms with Gasteiger partial charge in [-0.25, -0.2) is 0 Å². The Bertz CT molecular complexity index is 1200. The van der Waals surface area contributed by atoms with Gasteiger partial charge in [-0.1, -0.05) is 13.8 Å². The van der Waals surface area contributed by atoms with Gasteiger partial charge >= 0.3 is 0 Å². The third-order valence-corrected chi connectivity index (χ3v) is 6.62. The smallest absolute Gasteiger partial charge is 0.253 e. The summed E-state index contributed by atoms with van der Waals surface area (Å²) in [7, 11) is 9.25. The fourth-order valence-corrected chi connectivity index (χ4v) is 4.62. The molecule has 2 aliphatic rings. The molecule has 0 aromatic heterocycles. The Morgan fingerprint density at radius 1 is 1.09 bits per heavy atom. The van der Waals surface area contributed by atoms with E-state index in [0.717, 1.165) is 28.3 Å². The molecule has 0 bridgehead atoms. The lowest BCUT2D eigenvalue weighted by atomic mass is 9.85. The molecule has 8 heteroatoms. The van der Waals surface area contributed by atoms with Gasteiger partial charge in [0, 0.05) is 69.6 Å². The normalized spacial score (nSPS) is 15.5. The van der Waals surface area contributed by atoms with Crippen molar-refractivity contribution >= 4 is 28.9 Å².